The monoisotopic (exact) mass is 558 g/mol. The highest BCUT2D eigenvalue weighted by Crippen LogP contribution is 2.38. The van der Waals surface area contributed by atoms with Gasteiger partial charge in [0, 0.05) is 43.5 Å². The zero-order valence-corrected chi connectivity index (χ0v) is 22.3. The van der Waals surface area contributed by atoms with E-state index in [0.717, 1.165) is 11.6 Å². The molecule has 1 heterocycles. The van der Waals surface area contributed by atoms with Crippen LogP contribution in [0.2, 0.25) is 5.02 Å². The van der Waals surface area contributed by atoms with Crippen LogP contribution in [0.4, 0.5) is 13.2 Å². The molecule has 5 nitrogen and oxygen atoms in total. The maximum Gasteiger partial charge on any atom is 0.417 e. The maximum absolute atomic E-state index is 13.7. The number of hydrogen-bond acceptors (Lipinski definition) is 3. The van der Waals surface area contributed by atoms with Gasteiger partial charge in [-0.3, -0.25) is 9.59 Å². The molecule has 3 aromatic carbocycles. The molecular formula is C30H30ClF3N2O3. The molecule has 3 aromatic rings. The predicted molar refractivity (Wildman–Crippen MR) is 143 cm³/mol. The molecule has 0 radical (unpaired) electrons. The number of alkyl halides is 3. The van der Waals surface area contributed by atoms with Crippen LogP contribution in [0.1, 0.15) is 40.7 Å². The van der Waals surface area contributed by atoms with Gasteiger partial charge in [-0.1, -0.05) is 54.1 Å². The minimum absolute atomic E-state index is 0.0780. The summed E-state index contributed by atoms with van der Waals surface area (Å²) in [6, 6.07) is 21.2. The second-order valence-corrected chi connectivity index (χ2v) is 10.5. The molecule has 0 bridgehead atoms. The molecule has 1 atom stereocenters. The molecule has 4 rings (SSSR count). The Morgan fingerprint density at radius 1 is 1.00 bits per heavy atom. The number of nitrogens with zero attached hydrogens (tertiary/aromatic N) is 2. The number of ether oxygens (including phenoxy) is 1. The van der Waals surface area contributed by atoms with Gasteiger partial charge in [-0.05, 0) is 54.8 Å². The Kier molecular flexibility index (Phi) is 8.85. The van der Waals surface area contributed by atoms with Crippen molar-refractivity contribution in [3.8, 4) is 5.75 Å². The summed E-state index contributed by atoms with van der Waals surface area (Å²) in [6.45, 7) is 0.915. The highest BCUT2D eigenvalue weighted by molar-refractivity contribution is 6.30. The van der Waals surface area contributed by atoms with Crippen LogP contribution >= 0.6 is 11.6 Å². The van der Waals surface area contributed by atoms with E-state index in [2.05, 4.69) is 0 Å². The van der Waals surface area contributed by atoms with E-state index < -0.39 is 28.6 Å². The first kappa shape index (κ1) is 28.5. The molecule has 0 spiro atoms. The topological polar surface area (TPSA) is 49.9 Å². The second kappa shape index (κ2) is 12.1. The largest absolute Gasteiger partial charge is 0.493 e. The van der Waals surface area contributed by atoms with E-state index in [1.54, 1.807) is 36.2 Å². The van der Waals surface area contributed by atoms with Gasteiger partial charge in [0.05, 0.1) is 17.7 Å². The number of hydrogen-bond donors (Lipinski definition) is 0. The van der Waals surface area contributed by atoms with Gasteiger partial charge >= 0.3 is 6.18 Å². The van der Waals surface area contributed by atoms with Crippen LogP contribution in [-0.4, -0.2) is 48.4 Å². The third-order valence-electron chi connectivity index (χ3n) is 6.98. The fourth-order valence-electron chi connectivity index (χ4n) is 4.95. The van der Waals surface area contributed by atoms with Crippen molar-refractivity contribution in [2.45, 2.75) is 32.0 Å². The minimum Gasteiger partial charge on any atom is -0.493 e. The van der Waals surface area contributed by atoms with E-state index in [4.69, 9.17) is 16.3 Å². The summed E-state index contributed by atoms with van der Waals surface area (Å²) < 4.78 is 47.0. The Labute approximate surface area is 231 Å². The molecular weight excluding hydrogens is 529 g/mol. The summed E-state index contributed by atoms with van der Waals surface area (Å²) in [7, 11) is 1.72. The molecule has 9 heteroatoms. The fraction of sp³-hybridized carbons (Fsp3) is 0.333. The van der Waals surface area contributed by atoms with Crippen LogP contribution in [0, 0.1) is 5.41 Å². The smallest absolute Gasteiger partial charge is 0.417 e. The van der Waals surface area contributed by atoms with Gasteiger partial charge in [0.25, 0.3) is 5.91 Å². The molecule has 206 valence electrons. The quantitative estimate of drug-likeness (QED) is 0.309. The number of carbonyl (C=O) groups excluding carboxylic acids is 2. The average molecular weight is 559 g/mol. The van der Waals surface area contributed by atoms with E-state index in [-0.39, 0.29) is 25.5 Å². The first-order valence-electron chi connectivity index (χ1n) is 12.7. The number of carbonyl (C=O) groups is 2. The SMILES string of the molecule is CN(Cc1ccccc1)C(=O)C[C@]1(COc2ccc(Cl)cc2)CCCN(C(=O)c2ccccc2C(F)(F)F)C1. The molecule has 1 saturated heterocycles. The van der Waals surface area contributed by atoms with Gasteiger partial charge in [-0.25, -0.2) is 0 Å². The fourth-order valence-corrected chi connectivity index (χ4v) is 5.08. The molecule has 39 heavy (non-hydrogen) atoms. The van der Waals surface area contributed by atoms with Gasteiger partial charge in [0.1, 0.15) is 5.75 Å². The third kappa shape index (κ3) is 7.32. The number of rotatable bonds is 8. The Hall–Kier alpha value is -3.52. The summed E-state index contributed by atoms with van der Waals surface area (Å²) in [4.78, 5) is 29.9. The van der Waals surface area contributed by atoms with E-state index in [9.17, 15) is 22.8 Å². The van der Waals surface area contributed by atoms with Gasteiger partial charge in [0.15, 0.2) is 0 Å². The number of benzene rings is 3. The molecule has 1 aliphatic heterocycles. The van der Waals surface area contributed by atoms with Crippen LogP contribution in [0.5, 0.6) is 5.75 Å². The van der Waals surface area contributed by atoms with Crippen molar-refractivity contribution in [2.24, 2.45) is 5.41 Å². The molecule has 1 aliphatic rings. The highest BCUT2D eigenvalue weighted by atomic mass is 35.5. The highest BCUT2D eigenvalue weighted by Gasteiger charge is 2.42. The van der Waals surface area contributed by atoms with E-state index in [1.165, 1.54) is 23.1 Å². The van der Waals surface area contributed by atoms with Crippen molar-refractivity contribution in [3.05, 3.63) is 101 Å². The first-order valence-corrected chi connectivity index (χ1v) is 13.1. The maximum atomic E-state index is 13.7. The zero-order chi connectivity index (χ0) is 28.0. The normalized spacial score (nSPS) is 17.5. The summed E-state index contributed by atoms with van der Waals surface area (Å²) in [6.07, 6.45) is -3.47. The van der Waals surface area contributed by atoms with Crippen molar-refractivity contribution < 1.29 is 27.5 Å². The minimum atomic E-state index is -4.66. The average Bonchev–Trinajstić information content (AvgIpc) is 2.92. The summed E-state index contributed by atoms with van der Waals surface area (Å²) in [5.41, 5.74) is -1.18. The molecule has 0 N–H and O–H groups in total. The lowest BCUT2D eigenvalue weighted by molar-refractivity contribution is -0.138. The molecule has 0 unspecified atom stereocenters. The van der Waals surface area contributed by atoms with Crippen LogP contribution in [0.25, 0.3) is 0 Å². The van der Waals surface area contributed by atoms with Crippen molar-refractivity contribution in [2.75, 3.05) is 26.7 Å². The summed E-state index contributed by atoms with van der Waals surface area (Å²) in [5.74, 6) is -0.290. The molecule has 0 saturated carbocycles. The summed E-state index contributed by atoms with van der Waals surface area (Å²) in [5, 5.41) is 0.549. The Balaban J connectivity index is 1.57. The van der Waals surface area contributed by atoms with Crippen molar-refractivity contribution in [3.63, 3.8) is 0 Å². The van der Waals surface area contributed by atoms with Crippen molar-refractivity contribution >= 4 is 23.4 Å². The zero-order valence-electron chi connectivity index (χ0n) is 21.6. The van der Waals surface area contributed by atoms with Crippen molar-refractivity contribution in [1.29, 1.82) is 0 Å². The Morgan fingerprint density at radius 2 is 1.67 bits per heavy atom. The number of amides is 2. The van der Waals surface area contributed by atoms with Gasteiger partial charge < -0.3 is 14.5 Å². The van der Waals surface area contributed by atoms with Gasteiger partial charge in [-0.2, -0.15) is 13.2 Å². The number of halogens is 4. The van der Waals surface area contributed by atoms with E-state index in [0.29, 0.717) is 36.7 Å². The van der Waals surface area contributed by atoms with Gasteiger partial charge in [0.2, 0.25) is 5.91 Å². The van der Waals surface area contributed by atoms with Crippen LogP contribution in [-0.2, 0) is 17.5 Å². The molecule has 0 aliphatic carbocycles. The Morgan fingerprint density at radius 3 is 2.36 bits per heavy atom. The standard InChI is InChI=1S/C30H30ClF3N2O3/c1-35(19-22-8-3-2-4-9-22)27(37)18-29(21-39-24-14-12-23(31)13-15-24)16-7-17-36(20-29)28(38)25-10-5-6-11-26(25)30(32,33)34/h2-6,8-15H,7,16-21H2,1H3/t29-/m1/s1. The van der Waals surface area contributed by atoms with Gasteiger partial charge in [-0.15, -0.1) is 0 Å². The first-order chi connectivity index (χ1) is 18.6. The molecule has 1 fully saturated rings. The van der Waals surface area contributed by atoms with Crippen LogP contribution < -0.4 is 4.74 Å². The lowest BCUT2D eigenvalue weighted by Gasteiger charge is -2.43. The Bertz CT molecular complexity index is 1280. The van der Waals surface area contributed by atoms with E-state index >= 15 is 0 Å². The number of piperidine rings is 1. The lowest BCUT2D eigenvalue weighted by Crippen LogP contribution is -2.51. The van der Waals surface area contributed by atoms with Crippen LogP contribution in [0.15, 0.2) is 78.9 Å². The number of likely N-dealkylation sites (tertiary alicyclic amines) is 1. The third-order valence-corrected chi connectivity index (χ3v) is 7.24. The second-order valence-electron chi connectivity index (χ2n) is 10.0. The van der Waals surface area contributed by atoms with Crippen LogP contribution in [0.3, 0.4) is 0 Å². The predicted octanol–water partition coefficient (Wildman–Crippen LogP) is 6.71. The van der Waals surface area contributed by atoms with Crippen molar-refractivity contribution in [1.82, 2.24) is 9.80 Å². The molecule has 0 aromatic heterocycles. The lowest BCUT2D eigenvalue weighted by atomic mass is 9.77. The molecule has 2 amide bonds. The summed E-state index contributed by atoms with van der Waals surface area (Å²) >= 11 is 5.99. The van der Waals surface area contributed by atoms with E-state index in [1.807, 2.05) is 30.3 Å².